The van der Waals surface area contributed by atoms with Crippen LogP contribution in [0.2, 0.25) is 0 Å². The molecule has 0 aliphatic carbocycles. The Labute approximate surface area is 136 Å². The van der Waals surface area contributed by atoms with Crippen LogP contribution in [-0.4, -0.2) is 37.0 Å². The van der Waals surface area contributed by atoms with Crippen molar-refractivity contribution in [3.63, 3.8) is 0 Å². The fourth-order valence-electron chi connectivity index (χ4n) is 1.83. The largest absolute Gasteiger partial charge is 0.452 e. The molecule has 0 fully saturated rings. The first kappa shape index (κ1) is 18.7. The second-order valence-corrected chi connectivity index (χ2v) is 5.46. The van der Waals surface area contributed by atoms with E-state index >= 15 is 0 Å². The predicted octanol–water partition coefficient (Wildman–Crippen LogP) is 1.49. The smallest absolute Gasteiger partial charge is 0.338 e. The molecule has 6 heteroatoms. The molecule has 126 valence electrons. The molecule has 2 amide bonds. The summed E-state index contributed by atoms with van der Waals surface area (Å²) in [5.41, 5.74) is 2.45. The van der Waals surface area contributed by atoms with Crippen molar-refractivity contribution >= 4 is 17.8 Å². The minimum Gasteiger partial charge on any atom is -0.452 e. The van der Waals surface area contributed by atoms with Gasteiger partial charge >= 0.3 is 5.97 Å². The molecule has 2 N–H and O–H groups in total. The molecule has 0 saturated carbocycles. The summed E-state index contributed by atoms with van der Waals surface area (Å²) in [6, 6.07) is 4.53. The molecular formula is C17H24N2O4. The van der Waals surface area contributed by atoms with E-state index in [0.29, 0.717) is 12.1 Å². The van der Waals surface area contributed by atoms with Gasteiger partial charge in [-0.2, -0.15) is 0 Å². The van der Waals surface area contributed by atoms with Crippen LogP contribution in [0.3, 0.4) is 0 Å². The van der Waals surface area contributed by atoms with Crippen molar-refractivity contribution in [3.05, 3.63) is 34.9 Å². The van der Waals surface area contributed by atoms with Gasteiger partial charge in [-0.25, -0.2) is 4.79 Å². The van der Waals surface area contributed by atoms with Crippen LogP contribution in [0.15, 0.2) is 18.2 Å². The number of amides is 2. The lowest BCUT2D eigenvalue weighted by Gasteiger charge is -2.14. The van der Waals surface area contributed by atoms with Crippen molar-refractivity contribution in [2.45, 2.75) is 40.2 Å². The molecule has 0 bridgehead atoms. The van der Waals surface area contributed by atoms with Gasteiger partial charge in [0.1, 0.15) is 6.04 Å². The number of nitrogens with one attached hydrogen (secondary N) is 2. The monoisotopic (exact) mass is 320 g/mol. The summed E-state index contributed by atoms with van der Waals surface area (Å²) in [6.45, 7) is 7.50. The zero-order valence-corrected chi connectivity index (χ0v) is 14.1. The molecule has 0 aliphatic rings. The molecule has 23 heavy (non-hydrogen) atoms. The lowest BCUT2D eigenvalue weighted by molar-refractivity contribution is -0.130. The van der Waals surface area contributed by atoms with Crippen LogP contribution in [0.5, 0.6) is 0 Å². The normalized spacial score (nSPS) is 11.5. The molecular weight excluding hydrogens is 296 g/mol. The van der Waals surface area contributed by atoms with E-state index in [4.69, 9.17) is 4.74 Å². The molecule has 1 aromatic rings. The summed E-state index contributed by atoms with van der Waals surface area (Å²) >= 11 is 0. The lowest BCUT2D eigenvalue weighted by Crippen LogP contribution is -2.46. The number of aryl methyl sites for hydroxylation is 2. The number of ether oxygens (including phenoxy) is 1. The van der Waals surface area contributed by atoms with Crippen molar-refractivity contribution < 1.29 is 19.1 Å². The summed E-state index contributed by atoms with van der Waals surface area (Å²) in [5, 5.41) is 5.17. The van der Waals surface area contributed by atoms with Gasteiger partial charge in [0, 0.05) is 6.54 Å². The number of benzene rings is 1. The average Bonchev–Trinajstić information content (AvgIpc) is 2.52. The Morgan fingerprint density at radius 2 is 1.87 bits per heavy atom. The van der Waals surface area contributed by atoms with Gasteiger partial charge in [-0.05, 0) is 50.5 Å². The van der Waals surface area contributed by atoms with Gasteiger partial charge in [0.15, 0.2) is 6.61 Å². The molecule has 1 aromatic carbocycles. The number of rotatable bonds is 7. The van der Waals surface area contributed by atoms with E-state index in [0.717, 1.165) is 17.5 Å². The number of hydrogen-bond donors (Lipinski definition) is 2. The van der Waals surface area contributed by atoms with Crippen LogP contribution in [0.4, 0.5) is 0 Å². The highest BCUT2D eigenvalue weighted by Gasteiger charge is 2.16. The van der Waals surface area contributed by atoms with Crippen LogP contribution in [0.25, 0.3) is 0 Å². The van der Waals surface area contributed by atoms with E-state index in [-0.39, 0.29) is 5.91 Å². The second kappa shape index (κ2) is 8.92. The second-order valence-electron chi connectivity index (χ2n) is 5.46. The fourth-order valence-corrected chi connectivity index (χ4v) is 1.83. The highest BCUT2D eigenvalue weighted by atomic mass is 16.5. The first-order valence-electron chi connectivity index (χ1n) is 7.66. The van der Waals surface area contributed by atoms with Gasteiger partial charge in [-0.1, -0.05) is 13.0 Å². The van der Waals surface area contributed by atoms with E-state index in [1.54, 1.807) is 19.1 Å². The molecule has 6 nitrogen and oxygen atoms in total. The highest BCUT2D eigenvalue weighted by molar-refractivity contribution is 5.92. The van der Waals surface area contributed by atoms with E-state index in [2.05, 4.69) is 10.6 Å². The van der Waals surface area contributed by atoms with Crippen molar-refractivity contribution in [2.75, 3.05) is 13.2 Å². The Morgan fingerprint density at radius 3 is 2.48 bits per heavy atom. The van der Waals surface area contributed by atoms with Crippen LogP contribution in [-0.2, 0) is 14.3 Å². The molecule has 0 spiro atoms. The van der Waals surface area contributed by atoms with Crippen molar-refractivity contribution in [1.82, 2.24) is 10.6 Å². The van der Waals surface area contributed by atoms with Crippen LogP contribution >= 0.6 is 0 Å². The maximum absolute atomic E-state index is 11.9. The number of esters is 1. The lowest BCUT2D eigenvalue weighted by atomic mass is 10.1. The molecule has 1 atom stereocenters. The van der Waals surface area contributed by atoms with Gasteiger partial charge in [-0.15, -0.1) is 0 Å². The van der Waals surface area contributed by atoms with Gasteiger partial charge in [-0.3, -0.25) is 9.59 Å². The molecule has 0 heterocycles. The summed E-state index contributed by atoms with van der Waals surface area (Å²) < 4.78 is 4.96. The summed E-state index contributed by atoms with van der Waals surface area (Å²) in [7, 11) is 0. The van der Waals surface area contributed by atoms with Crippen LogP contribution in [0, 0.1) is 13.8 Å². The first-order chi connectivity index (χ1) is 10.8. The first-order valence-corrected chi connectivity index (χ1v) is 7.66. The van der Waals surface area contributed by atoms with Crippen LogP contribution < -0.4 is 10.6 Å². The summed E-state index contributed by atoms with van der Waals surface area (Å²) in [4.78, 5) is 35.2. The Kier molecular flexibility index (Phi) is 7.25. The van der Waals surface area contributed by atoms with Crippen LogP contribution in [0.1, 0.15) is 41.8 Å². The Bertz CT molecular complexity index is 584. The zero-order valence-electron chi connectivity index (χ0n) is 14.1. The van der Waals surface area contributed by atoms with Gasteiger partial charge in [0.25, 0.3) is 5.91 Å². The van der Waals surface area contributed by atoms with E-state index in [1.165, 1.54) is 0 Å². The van der Waals surface area contributed by atoms with Gasteiger partial charge in [0.05, 0.1) is 5.56 Å². The average molecular weight is 320 g/mol. The maximum atomic E-state index is 11.9. The van der Waals surface area contributed by atoms with Crippen molar-refractivity contribution in [2.24, 2.45) is 0 Å². The van der Waals surface area contributed by atoms with Crippen molar-refractivity contribution in [3.8, 4) is 0 Å². The number of carbonyl (C=O) groups excluding carboxylic acids is 3. The summed E-state index contributed by atoms with van der Waals surface area (Å²) in [6.07, 6.45) is 0.819. The van der Waals surface area contributed by atoms with E-state index < -0.39 is 24.5 Å². The van der Waals surface area contributed by atoms with E-state index in [1.807, 2.05) is 26.8 Å². The predicted molar refractivity (Wildman–Crippen MR) is 87.1 cm³/mol. The van der Waals surface area contributed by atoms with E-state index in [9.17, 15) is 14.4 Å². The zero-order chi connectivity index (χ0) is 17.4. The highest BCUT2D eigenvalue weighted by Crippen LogP contribution is 2.10. The topological polar surface area (TPSA) is 84.5 Å². The molecule has 0 aromatic heterocycles. The Hall–Kier alpha value is -2.37. The SMILES string of the molecule is CCCNC(=O)[C@@H](C)NC(=O)COC(=O)c1ccc(C)c(C)c1. The maximum Gasteiger partial charge on any atom is 0.338 e. The molecule has 0 saturated heterocycles. The summed E-state index contributed by atoms with van der Waals surface area (Å²) in [5.74, 6) is -1.34. The molecule has 0 radical (unpaired) electrons. The fraction of sp³-hybridized carbons (Fsp3) is 0.471. The Balaban J connectivity index is 2.44. The quantitative estimate of drug-likeness (QED) is 0.746. The number of hydrogen-bond acceptors (Lipinski definition) is 4. The third-order valence-electron chi connectivity index (χ3n) is 3.40. The third kappa shape index (κ3) is 6.10. The van der Waals surface area contributed by atoms with Gasteiger partial charge < -0.3 is 15.4 Å². The van der Waals surface area contributed by atoms with Crippen molar-refractivity contribution in [1.29, 1.82) is 0 Å². The number of carbonyl (C=O) groups is 3. The minimum absolute atomic E-state index is 0.263. The minimum atomic E-state index is -0.672. The molecule has 1 rings (SSSR count). The molecule has 0 aliphatic heterocycles. The molecule has 0 unspecified atom stereocenters. The van der Waals surface area contributed by atoms with Gasteiger partial charge in [0.2, 0.25) is 5.91 Å². The third-order valence-corrected chi connectivity index (χ3v) is 3.40. The standard InChI is InChI=1S/C17H24N2O4/c1-5-8-18-16(21)13(4)19-15(20)10-23-17(22)14-7-6-11(2)12(3)9-14/h6-7,9,13H,5,8,10H2,1-4H3,(H,18,21)(H,19,20)/t13-/m1/s1. The Morgan fingerprint density at radius 1 is 1.17 bits per heavy atom.